The van der Waals surface area contributed by atoms with Crippen molar-refractivity contribution in [3.63, 3.8) is 0 Å². The van der Waals surface area contributed by atoms with Crippen molar-refractivity contribution in [1.29, 1.82) is 0 Å². The summed E-state index contributed by atoms with van der Waals surface area (Å²) >= 11 is 0. The molecule has 2 bridgehead atoms. The van der Waals surface area contributed by atoms with Gasteiger partial charge in [0.25, 0.3) is 0 Å². The van der Waals surface area contributed by atoms with Crippen molar-refractivity contribution in [2.75, 3.05) is 26.7 Å². The number of nitrogens with zero attached hydrogens (tertiary/aromatic N) is 3. The Morgan fingerprint density at radius 2 is 1.84 bits per heavy atom. The first-order chi connectivity index (χ1) is 18.1. The standard InChI is InChI=1S/C32H43N3O3/c1-8-33-18-15-32(24-11-9-22(2)10-12-24)20-25(33)13-16-34(32)21-27-26-14-17-35(30(36)38-31(4,5)6)29(26)23(3)19-28(27)37-7/h9-12,14,17,19,25H,8,13,15-16,18,20-21H2,1-7H3/t25-,32-/m0/s1. The Hall–Kier alpha value is -2.83. The Bertz CT molecular complexity index is 1320. The molecule has 6 heteroatoms. The van der Waals surface area contributed by atoms with Crippen molar-refractivity contribution in [1.82, 2.24) is 14.4 Å². The molecule has 5 rings (SSSR count). The summed E-state index contributed by atoms with van der Waals surface area (Å²) in [7, 11) is 1.75. The summed E-state index contributed by atoms with van der Waals surface area (Å²) in [5, 5.41) is 1.06. The van der Waals surface area contributed by atoms with E-state index >= 15 is 0 Å². The maximum absolute atomic E-state index is 13.1. The minimum Gasteiger partial charge on any atom is -0.496 e. The number of carbonyl (C=O) groups excluding carboxylic acids is 1. The minimum absolute atomic E-state index is 0.0156. The van der Waals surface area contributed by atoms with E-state index in [0.717, 1.165) is 73.2 Å². The number of rotatable bonds is 5. The highest BCUT2D eigenvalue weighted by Crippen LogP contribution is 2.47. The number of piperidine rings is 2. The number of ether oxygens (including phenoxy) is 2. The van der Waals surface area contributed by atoms with Gasteiger partial charge in [0.1, 0.15) is 11.4 Å². The lowest BCUT2D eigenvalue weighted by molar-refractivity contribution is -0.0585. The molecule has 2 aromatic carbocycles. The molecule has 6 nitrogen and oxygen atoms in total. The van der Waals surface area contributed by atoms with Gasteiger partial charge in [-0.15, -0.1) is 0 Å². The van der Waals surface area contributed by atoms with E-state index in [4.69, 9.17) is 9.47 Å². The lowest BCUT2D eigenvalue weighted by Crippen LogP contribution is -2.61. The average Bonchev–Trinajstić information content (AvgIpc) is 3.33. The molecule has 0 unspecified atom stereocenters. The molecule has 0 aliphatic carbocycles. The number of hydrogen-bond acceptors (Lipinski definition) is 5. The smallest absolute Gasteiger partial charge is 0.419 e. The lowest BCUT2D eigenvalue weighted by Gasteiger charge is -2.56. The van der Waals surface area contributed by atoms with Gasteiger partial charge in [0, 0.05) is 48.4 Å². The number of hydrogen-bond donors (Lipinski definition) is 0. The van der Waals surface area contributed by atoms with Crippen LogP contribution < -0.4 is 4.74 Å². The van der Waals surface area contributed by atoms with Gasteiger partial charge in [-0.2, -0.15) is 0 Å². The third-order valence-electron chi connectivity index (χ3n) is 8.62. The van der Waals surface area contributed by atoms with Gasteiger partial charge in [0.15, 0.2) is 0 Å². The van der Waals surface area contributed by atoms with Gasteiger partial charge in [0.05, 0.1) is 12.6 Å². The Kier molecular flexibility index (Phi) is 7.08. The molecule has 38 heavy (non-hydrogen) atoms. The van der Waals surface area contributed by atoms with Crippen LogP contribution in [0.2, 0.25) is 0 Å². The van der Waals surface area contributed by atoms with Crippen LogP contribution in [0.4, 0.5) is 4.79 Å². The Labute approximate surface area is 227 Å². The zero-order valence-corrected chi connectivity index (χ0v) is 24.1. The van der Waals surface area contributed by atoms with E-state index in [0.29, 0.717) is 6.04 Å². The fraction of sp³-hybridized carbons (Fsp3) is 0.531. The molecule has 2 atom stereocenters. The second kappa shape index (κ2) is 10.0. The molecule has 1 aromatic heterocycles. The monoisotopic (exact) mass is 517 g/mol. The van der Waals surface area contributed by atoms with Crippen LogP contribution in [0.15, 0.2) is 42.6 Å². The van der Waals surface area contributed by atoms with Crippen LogP contribution in [0.1, 0.15) is 69.2 Å². The highest BCUT2D eigenvalue weighted by atomic mass is 16.6. The van der Waals surface area contributed by atoms with Crippen molar-refractivity contribution in [2.24, 2.45) is 0 Å². The first kappa shape index (κ1) is 26.8. The van der Waals surface area contributed by atoms with Crippen molar-refractivity contribution < 1.29 is 14.3 Å². The van der Waals surface area contributed by atoms with Crippen LogP contribution in [0.3, 0.4) is 0 Å². The van der Waals surface area contributed by atoms with Gasteiger partial charge in [0.2, 0.25) is 0 Å². The first-order valence-corrected chi connectivity index (χ1v) is 14.0. The van der Waals surface area contributed by atoms with Gasteiger partial charge in [-0.3, -0.25) is 9.47 Å². The molecule has 3 heterocycles. The zero-order chi connectivity index (χ0) is 27.2. The molecule has 0 saturated carbocycles. The molecule has 2 aliphatic rings. The number of carbonyl (C=O) groups is 1. The van der Waals surface area contributed by atoms with E-state index in [2.05, 4.69) is 60.0 Å². The first-order valence-electron chi connectivity index (χ1n) is 14.0. The van der Waals surface area contributed by atoms with Gasteiger partial charge < -0.3 is 14.4 Å². The fourth-order valence-electron chi connectivity index (χ4n) is 6.74. The molecule has 3 aromatic rings. The summed E-state index contributed by atoms with van der Waals surface area (Å²) in [6.07, 6.45) is 4.90. The van der Waals surface area contributed by atoms with Crippen molar-refractivity contribution >= 4 is 17.0 Å². The molecular formula is C32H43N3O3. The zero-order valence-electron chi connectivity index (χ0n) is 24.1. The van der Waals surface area contributed by atoms with Crippen LogP contribution in [0.5, 0.6) is 5.75 Å². The Morgan fingerprint density at radius 3 is 2.50 bits per heavy atom. The average molecular weight is 518 g/mol. The van der Waals surface area contributed by atoms with Crippen molar-refractivity contribution in [3.8, 4) is 5.75 Å². The molecule has 0 N–H and O–H groups in total. The van der Waals surface area contributed by atoms with E-state index in [1.807, 2.05) is 33.9 Å². The number of likely N-dealkylation sites (tertiary alicyclic amines) is 2. The molecule has 2 saturated heterocycles. The largest absolute Gasteiger partial charge is 0.496 e. The second-order valence-electron chi connectivity index (χ2n) is 12.1. The predicted molar refractivity (Wildman–Crippen MR) is 153 cm³/mol. The number of methoxy groups -OCH3 is 1. The molecule has 0 radical (unpaired) electrons. The van der Waals surface area contributed by atoms with Gasteiger partial charge in [-0.1, -0.05) is 36.8 Å². The summed E-state index contributed by atoms with van der Waals surface area (Å²) in [4.78, 5) is 18.5. The Morgan fingerprint density at radius 1 is 1.11 bits per heavy atom. The van der Waals surface area contributed by atoms with E-state index in [9.17, 15) is 4.79 Å². The molecule has 0 spiro atoms. The summed E-state index contributed by atoms with van der Waals surface area (Å²) in [6.45, 7) is 16.2. The SMILES string of the molecule is CCN1CC[C@@]2(c3ccc(C)cc3)C[C@@H]1CCN2Cc1c(OC)cc(C)c2c1ccn2C(=O)OC(C)(C)C. The van der Waals surface area contributed by atoms with Crippen LogP contribution in [0, 0.1) is 13.8 Å². The number of aromatic nitrogens is 1. The fourth-order valence-corrected chi connectivity index (χ4v) is 6.74. The molecule has 204 valence electrons. The lowest BCUT2D eigenvalue weighted by atomic mass is 9.72. The number of benzene rings is 2. The maximum atomic E-state index is 13.1. The van der Waals surface area contributed by atoms with Crippen LogP contribution in [-0.4, -0.2) is 58.8 Å². The minimum atomic E-state index is -0.561. The second-order valence-corrected chi connectivity index (χ2v) is 12.1. The third kappa shape index (κ3) is 4.73. The van der Waals surface area contributed by atoms with E-state index in [-0.39, 0.29) is 11.6 Å². The van der Waals surface area contributed by atoms with E-state index in [1.165, 1.54) is 11.1 Å². The number of fused-ring (bicyclic) bond motifs is 3. The van der Waals surface area contributed by atoms with E-state index in [1.54, 1.807) is 11.7 Å². The highest BCUT2D eigenvalue weighted by Gasteiger charge is 2.48. The van der Waals surface area contributed by atoms with Gasteiger partial charge in [-0.25, -0.2) is 4.79 Å². The van der Waals surface area contributed by atoms with Crippen molar-refractivity contribution in [2.45, 2.75) is 84.5 Å². The normalized spacial score (nSPS) is 22.6. The van der Waals surface area contributed by atoms with Crippen LogP contribution in [0.25, 0.3) is 10.9 Å². The third-order valence-corrected chi connectivity index (χ3v) is 8.62. The molecule has 2 fully saturated rings. The molecule has 2 aliphatic heterocycles. The summed E-state index contributed by atoms with van der Waals surface area (Å²) in [5.74, 6) is 0.879. The van der Waals surface area contributed by atoms with Crippen LogP contribution >= 0.6 is 0 Å². The number of aryl methyl sites for hydroxylation is 2. The topological polar surface area (TPSA) is 46.9 Å². The highest BCUT2D eigenvalue weighted by molar-refractivity contribution is 5.95. The summed E-state index contributed by atoms with van der Waals surface area (Å²) in [5.41, 5.74) is 5.17. The quantitative estimate of drug-likeness (QED) is 0.380. The molecular weight excluding hydrogens is 474 g/mol. The molecule has 0 amide bonds. The van der Waals surface area contributed by atoms with Gasteiger partial charge >= 0.3 is 6.09 Å². The van der Waals surface area contributed by atoms with Crippen LogP contribution in [-0.2, 0) is 16.8 Å². The maximum Gasteiger partial charge on any atom is 0.419 e. The Balaban J connectivity index is 1.58. The van der Waals surface area contributed by atoms with E-state index < -0.39 is 5.60 Å². The van der Waals surface area contributed by atoms with Crippen molar-refractivity contribution in [3.05, 3.63) is 64.8 Å². The van der Waals surface area contributed by atoms with Gasteiger partial charge in [-0.05, 0) is 83.7 Å². The summed E-state index contributed by atoms with van der Waals surface area (Å²) < 4.78 is 13.3. The summed E-state index contributed by atoms with van der Waals surface area (Å²) in [6, 6.07) is 13.9. The predicted octanol–water partition coefficient (Wildman–Crippen LogP) is 6.64.